The van der Waals surface area contributed by atoms with E-state index in [1.807, 2.05) is 56.7 Å². The minimum absolute atomic E-state index is 0.0154. The number of likely N-dealkylation sites (N-methyl/N-ethyl adjacent to an activating group) is 1. The highest BCUT2D eigenvalue weighted by atomic mass is 32.1. The van der Waals surface area contributed by atoms with Crippen LogP contribution in [0.15, 0.2) is 47.2 Å². The predicted octanol–water partition coefficient (Wildman–Crippen LogP) is 4.23. The summed E-state index contributed by atoms with van der Waals surface area (Å²) < 4.78 is 5.69. The fourth-order valence-corrected chi connectivity index (χ4v) is 4.66. The van der Waals surface area contributed by atoms with E-state index < -0.39 is 0 Å². The number of ether oxygens (including phenoxy) is 1. The van der Waals surface area contributed by atoms with Crippen LogP contribution < -0.4 is 10.1 Å². The summed E-state index contributed by atoms with van der Waals surface area (Å²) >= 11 is 3.24. The summed E-state index contributed by atoms with van der Waals surface area (Å²) in [5.74, 6) is 0.804. The van der Waals surface area contributed by atoms with Crippen LogP contribution in [0.25, 0.3) is 10.6 Å². The van der Waals surface area contributed by atoms with E-state index in [4.69, 9.17) is 4.74 Å². The molecule has 7 heteroatoms. The van der Waals surface area contributed by atoms with Gasteiger partial charge in [0.15, 0.2) is 0 Å². The standard InChI is InChI=1S/C21H25N3O2S2/c1-4-26-18-9-6-5-8-16(18)21-23-15(14-28-21)12-20(25)22-13-17(24(2)3)19-10-7-11-27-19/h5-11,14,17H,4,12-13H2,1-3H3,(H,22,25)/t17-/m1/s1. The molecule has 3 rings (SSSR count). The Bertz CT molecular complexity index is 891. The van der Waals surface area contributed by atoms with Gasteiger partial charge in [0.25, 0.3) is 0 Å². The van der Waals surface area contributed by atoms with Crippen molar-refractivity contribution in [3.63, 3.8) is 0 Å². The molecule has 0 unspecified atom stereocenters. The quantitative estimate of drug-likeness (QED) is 0.568. The van der Waals surface area contributed by atoms with Gasteiger partial charge in [0.05, 0.1) is 30.3 Å². The van der Waals surface area contributed by atoms with Crippen LogP contribution in [0.1, 0.15) is 23.5 Å². The molecule has 1 atom stereocenters. The molecule has 0 bridgehead atoms. The number of amides is 1. The number of para-hydroxylation sites is 1. The van der Waals surface area contributed by atoms with E-state index in [1.54, 1.807) is 11.3 Å². The predicted molar refractivity (Wildman–Crippen MR) is 116 cm³/mol. The van der Waals surface area contributed by atoms with Gasteiger partial charge in [-0.2, -0.15) is 0 Å². The van der Waals surface area contributed by atoms with Crippen LogP contribution in [0.2, 0.25) is 0 Å². The Labute approximate surface area is 174 Å². The van der Waals surface area contributed by atoms with E-state index in [1.165, 1.54) is 16.2 Å². The lowest BCUT2D eigenvalue weighted by molar-refractivity contribution is -0.120. The van der Waals surface area contributed by atoms with Gasteiger partial charge in [-0.15, -0.1) is 22.7 Å². The van der Waals surface area contributed by atoms with Crippen molar-refractivity contribution in [2.45, 2.75) is 19.4 Å². The zero-order valence-corrected chi connectivity index (χ0v) is 18.0. The van der Waals surface area contributed by atoms with Gasteiger partial charge >= 0.3 is 0 Å². The number of carbonyl (C=O) groups is 1. The normalized spacial score (nSPS) is 12.1. The number of thiazole rings is 1. The van der Waals surface area contributed by atoms with Crippen molar-refractivity contribution < 1.29 is 9.53 Å². The third kappa shape index (κ3) is 5.19. The number of aromatic nitrogens is 1. The molecule has 0 radical (unpaired) electrons. The highest BCUT2D eigenvalue weighted by Crippen LogP contribution is 2.32. The number of hydrogen-bond acceptors (Lipinski definition) is 6. The van der Waals surface area contributed by atoms with E-state index in [0.29, 0.717) is 13.2 Å². The maximum absolute atomic E-state index is 12.4. The molecule has 0 aliphatic rings. The van der Waals surface area contributed by atoms with E-state index in [0.717, 1.165) is 22.0 Å². The van der Waals surface area contributed by atoms with Crippen LogP contribution in [0.3, 0.4) is 0 Å². The Morgan fingerprint density at radius 3 is 2.75 bits per heavy atom. The van der Waals surface area contributed by atoms with Gasteiger partial charge in [-0.1, -0.05) is 18.2 Å². The van der Waals surface area contributed by atoms with Gasteiger partial charge in [-0.25, -0.2) is 4.98 Å². The fourth-order valence-electron chi connectivity index (χ4n) is 2.89. The number of benzene rings is 1. The molecule has 28 heavy (non-hydrogen) atoms. The maximum atomic E-state index is 12.4. The first-order chi connectivity index (χ1) is 13.6. The Kier molecular flexibility index (Phi) is 7.19. The molecule has 2 heterocycles. The maximum Gasteiger partial charge on any atom is 0.226 e. The molecule has 1 N–H and O–H groups in total. The molecule has 0 aliphatic carbocycles. The lowest BCUT2D eigenvalue weighted by Gasteiger charge is -2.23. The molecule has 0 aliphatic heterocycles. The molecular weight excluding hydrogens is 390 g/mol. The molecule has 1 amide bonds. The van der Waals surface area contributed by atoms with Gasteiger partial charge in [-0.3, -0.25) is 4.79 Å². The molecule has 0 spiro atoms. The van der Waals surface area contributed by atoms with E-state index in [-0.39, 0.29) is 18.4 Å². The zero-order chi connectivity index (χ0) is 19.9. The van der Waals surface area contributed by atoms with Crippen molar-refractivity contribution in [1.29, 1.82) is 0 Å². The lowest BCUT2D eigenvalue weighted by atomic mass is 10.2. The topological polar surface area (TPSA) is 54.5 Å². The van der Waals surface area contributed by atoms with Crippen molar-refractivity contribution in [2.75, 3.05) is 27.2 Å². The number of carbonyl (C=O) groups excluding carboxylic acids is 1. The summed E-state index contributed by atoms with van der Waals surface area (Å²) in [5, 5.41) is 7.92. The molecule has 0 fully saturated rings. The molecular formula is C21H25N3O2S2. The van der Waals surface area contributed by atoms with Gasteiger partial charge in [-0.05, 0) is 44.6 Å². The molecule has 0 saturated carbocycles. The highest BCUT2D eigenvalue weighted by Gasteiger charge is 2.17. The number of thiophene rings is 1. The fraction of sp³-hybridized carbons (Fsp3) is 0.333. The van der Waals surface area contributed by atoms with Crippen molar-refractivity contribution in [1.82, 2.24) is 15.2 Å². The number of hydrogen-bond donors (Lipinski definition) is 1. The summed E-state index contributed by atoms with van der Waals surface area (Å²) in [7, 11) is 4.05. The Morgan fingerprint density at radius 2 is 2.04 bits per heavy atom. The average Bonchev–Trinajstić information content (AvgIpc) is 3.35. The van der Waals surface area contributed by atoms with Crippen LogP contribution in [-0.4, -0.2) is 43.0 Å². The van der Waals surface area contributed by atoms with Gasteiger partial charge < -0.3 is 15.0 Å². The van der Waals surface area contributed by atoms with Crippen molar-refractivity contribution in [2.24, 2.45) is 0 Å². The summed E-state index contributed by atoms with van der Waals surface area (Å²) in [4.78, 5) is 20.4. The monoisotopic (exact) mass is 415 g/mol. The third-order valence-corrected chi connectivity index (χ3v) is 6.20. The molecule has 2 aromatic heterocycles. The smallest absolute Gasteiger partial charge is 0.226 e. The molecule has 1 aromatic carbocycles. The Balaban J connectivity index is 1.61. The van der Waals surface area contributed by atoms with Crippen molar-refractivity contribution in [3.05, 3.63) is 57.7 Å². The number of rotatable bonds is 9. The minimum atomic E-state index is -0.0154. The second kappa shape index (κ2) is 9.82. The Hall–Kier alpha value is -2.22. The summed E-state index contributed by atoms with van der Waals surface area (Å²) in [6, 6.07) is 12.2. The summed E-state index contributed by atoms with van der Waals surface area (Å²) in [6.45, 7) is 3.15. The first-order valence-corrected chi connectivity index (χ1v) is 11.0. The average molecular weight is 416 g/mol. The number of nitrogens with zero attached hydrogens (tertiary/aromatic N) is 2. The lowest BCUT2D eigenvalue weighted by Crippen LogP contribution is -2.34. The first kappa shape index (κ1) is 20.5. The SMILES string of the molecule is CCOc1ccccc1-c1nc(CC(=O)NC[C@H](c2cccs2)N(C)C)cs1. The van der Waals surface area contributed by atoms with E-state index in [2.05, 4.69) is 26.6 Å². The largest absolute Gasteiger partial charge is 0.493 e. The third-order valence-electron chi connectivity index (χ3n) is 4.30. The molecule has 5 nitrogen and oxygen atoms in total. The minimum Gasteiger partial charge on any atom is -0.493 e. The van der Waals surface area contributed by atoms with Crippen LogP contribution in [0.4, 0.5) is 0 Å². The van der Waals surface area contributed by atoms with Crippen LogP contribution >= 0.6 is 22.7 Å². The van der Waals surface area contributed by atoms with Crippen LogP contribution in [-0.2, 0) is 11.2 Å². The Morgan fingerprint density at radius 1 is 1.21 bits per heavy atom. The van der Waals surface area contributed by atoms with E-state index in [9.17, 15) is 4.79 Å². The van der Waals surface area contributed by atoms with Crippen LogP contribution in [0, 0.1) is 0 Å². The first-order valence-electron chi connectivity index (χ1n) is 9.21. The molecule has 148 valence electrons. The van der Waals surface area contributed by atoms with Crippen molar-refractivity contribution >= 4 is 28.6 Å². The zero-order valence-electron chi connectivity index (χ0n) is 16.3. The summed E-state index contributed by atoms with van der Waals surface area (Å²) in [5.41, 5.74) is 1.74. The summed E-state index contributed by atoms with van der Waals surface area (Å²) in [6.07, 6.45) is 0.276. The van der Waals surface area contributed by atoms with Crippen molar-refractivity contribution in [3.8, 4) is 16.3 Å². The van der Waals surface area contributed by atoms with E-state index >= 15 is 0 Å². The number of nitrogens with one attached hydrogen (secondary N) is 1. The van der Waals surface area contributed by atoms with Crippen LogP contribution in [0.5, 0.6) is 5.75 Å². The van der Waals surface area contributed by atoms with Gasteiger partial charge in [0.2, 0.25) is 5.91 Å². The second-order valence-corrected chi connectivity index (χ2v) is 8.39. The molecule has 3 aromatic rings. The van der Waals surface area contributed by atoms with Gasteiger partial charge in [0, 0.05) is 16.8 Å². The van der Waals surface area contributed by atoms with Gasteiger partial charge in [0.1, 0.15) is 10.8 Å². The highest BCUT2D eigenvalue weighted by molar-refractivity contribution is 7.13. The second-order valence-electron chi connectivity index (χ2n) is 6.55. The molecule has 0 saturated heterocycles.